The average molecular weight is 374 g/mol. The quantitative estimate of drug-likeness (QED) is 0.802. The zero-order valence-corrected chi connectivity index (χ0v) is 14.7. The number of nitrogens with one attached hydrogen (secondary N) is 1. The van der Waals surface area contributed by atoms with Crippen LogP contribution in [-0.2, 0) is 19.1 Å². The van der Waals surface area contributed by atoms with Gasteiger partial charge in [-0.1, -0.05) is 37.0 Å². The lowest BCUT2D eigenvalue weighted by molar-refractivity contribution is -0.162. The predicted octanol–water partition coefficient (Wildman–Crippen LogP) is 2.61. The third-order valence-corrected chi connectivity index (χ3v) is 4.08. The van der Waals surface area contributed by atoms with Crippen LogP contribution in [0.5, 0.6) is 0 Å². The Morgan fingerprint density at radius 2 is 2.04 bits per heavy atom. The molecule has 6 nitrogen and oxygen atoms in total. The van der Waals surface area contributed by atoms with Crippen molar-refractivity contribution in [3.63, 3.8) is 0 Å². The molecule has 0 saturated carbocycles. The van der Waals surface area contributed by atoms with Gasteiger partial charge in [-0.05, 0) is 24.1 Å². The van der Waals surface area contributed by atoms with Crippen LogP contribution in [-0.4, -0.2) is 36.6 Å². The van der Waals surface area contributed by atoms with E-state index in [2.05, 4.69) is 5.32 Å². The molecule has 0 bridgehead atoms. The molecule has 24 heavy (non-hydrogen) atoms. The maximum atomic E-state index is 12.4. The lowest BCUT2D eigenvalue weighted by Crippen LogP contribution is -2.46. The van der Waals surface area contributed by atoms with E-state index in [-0.39, 0.29) is 23.1 Å². The molecular formula is C16H17Cl2NO5. The van der Waals surface area contributed by atoms with Gasteiger partial charge in [0.2, 0.25) is 6.10 Å². The van der Waals surface area contributed by atoms with Gasteiger partial charge >= 0.3 is 11.9 Å². The Labute approximate surface area is 149 Å². The minimum absolute atomic E-state index is 0.176. The molecule has 130 valence electrons. The molecular weight excluding hydrogens is 357 g/mol. The van der Waals surface area contributed by atoms with E-state index in [1.165, 1.54) is 18.2 Å². The second-order valence-electron chi connectivity index (χ2n) is 5.70. The molecule has 0 unspecified atom stereocenters. The summed E-state index contributed by atoms with van der Waals surface area (Å²) < 4.78 is 9.90. The summed E-state index contributed by atoms with van der Waals surface area (Å²) in [5.74, 6) is -2.03. The fourth-order valence-electron chi connectivity index (χ4n) is 2.19. The summed E-state index contributed by atoms with van der Waals surface area (Å²) in [5, 5.41) is 3.16. The molecule has 1 aromatic rings. The van der Waals surface area contributed by atoms with Crippen molar-refractivity contribution in [2.24, 2.45) is 5.92 Å². The van der Waals surface area contributed by atoms with E-state index in [1.807, 2.05) is 0 Å². The van der Waals surface area contributed by atoms with Gasteiger partial charge in [0.25, 0.3) is 5.91 Å². The molecule has 1 fully saturated rings. The van der Waals surface area contributed by atoms with Gasteiger partial charge in [-0.15, -0.1) is 0 Å². The SMILES string of the molecule is CC(C)[C@H](NC(=O)c1ccc(Cl)cc1Cl)C(=O)O[C@H]1CCOC1=O. The summed E-state index contributed by atoms with van der Waals surface area (Å²) in [6, 6.07) is 3.52. The smallest absolute Gasteiger partial charge is 0.347 e. The Balaban J connectivity index is 2.08. The Morgan fingerprint density at radius 1 is 1.33 bits per heavy atom. The molecule has 1 N–H and O–H groups in total. The number of cyclic esters (lactones) is 1. The Kier molecular flexibility index (Phi) is 6.07. The second kappa shape index (κ2) is 7.85. The number of carbonyl (C=O) groups is 3. The Hall–Kier alpha value is -1.79. The maximum Gasteiger partial charge on any atom is 0.347 e. The second-order valence-corrected chi connectivity index (χ2v) is 6.54. The van der Waals surface area contributed by atoms with Crippen molar-refractivity contribution in [3.05, 3.63) is 33.8 Å². The van der Waals surface area contributed by atoms with Gasteiger partial charge in [0.05, 0.1) is 17.2 Å². The molecule has 1 aromatic carbocycles. The zero-order valence-electron chi connectivity index (χ0n) is 13.2. The number of hydrogen-bond acceptors (Lipinski definition) is 5. The highest BCUT2D eigenvalue weighted by molar-refractivity contribution is 6.36. The summed E-state index contributed by atoms with van der Waals surface area (Å²) in [6.45, 7) is 3.72. The van der Waals surface area contributed by atoms with Gasteiger partial charge < -0.3 is 14.8 Å². The first kappa shape index (κ1) is 18.5. The number of ether oxygens (including phenoxy) is 2. The van der Waals surface area contributed by atoms with Gasteiger partial charge in [0.15, 0.2) is 0 Å². The molecule has 1 aliphatic heterocycles. The summed E-state index contributed by atoms with van der Waals surface area (Å²) in [5.41, 5.74) is 0.194. The molecule has 2 atom stereocenters. The number of hydrogen-bond donors (Lipinski definition) is 1. The molecule has 8 heteroatoms. The standard InChI is InChI=1S/C16H17Cl2NO5/c1-8(2)13(16(22)24-12-5-6-23-15(12)21)19-14(20)10-4-3-9(17)7-11(10)18/h3-4,7-8,12-13H,5-6H2,1-2H3,(H,19,20)/t12-,13-/m0/s1. The van der Waals surface area contributed by atoms with E-state index in [9.17, 15) is 14.4 Å². The number of esters is 2. The van der Waals surface area contributed by atoms with E-state index in [0.29, 0.717) is 11.4 Å². The molecule has 0 aromatic heterocycles. The van der Waals surface area contributed by atoms with Crippen LogP contribution in [0, 0.1) is 5.92 Å². The predicted molar refractivity (Wildman–Crippen MR) is 88.0 cm³/mol. The van der Waals surface area contributed by atoms with Crippen LogP contribution in [0.25, 0.3) is 0 Å². The topological polar surface area (TPSA) is 81.7 Å². The lowest BCUT2D eigenvalue weighted by Gasteiger charge is -2.22. The van der Waals surface area contributed by atoms with Crippen molar-refractivity contribution in [2.45, 2.75) is 32.4 Å². The van der Waals surface area contributed by atoms with E-state index >= 15 is 0 Å². The first-order chi connectivity index (χ1) is 11.3. The van der Waals surface area contributed by atoms with Crippen LogP contribution in [0.3, 0.4) is 0 Å². The highest BCUT2D eigenvalue weighted by Gasteiger charge is 2.34. The Bertz CT molecular complexity index is 662. The van der Waals surface area contributed by atoms with E-state index in [0.717, 1.165) is 0 Å². The number of carbonyl (C=O) groups excluding carboxylic acids is 3. The van der Waals surface area contributed by atoms with Crippen LogP contribution in [0.4, 0.5) is 0 Å². The number of halogens is 2. The highest BCUT2D eigenvalue weighted by atomic mass is 35.5. The molecule has 2 rings (SSSR count). The molecule has 1 heterocycles. The lowest BCUT2D eigenvalue weighted by atomic mass is 10.0. The largest absolute Gasteiger partial charge is 0.463 e. The monoisotopic (exact) mass is 373 g/mol. The average Bonchev–Trinajstić information content (AvgIpc) is 2.89. The number of amides is 1. The molecule has 0 spiro atoms. The fourth-order valence-corrected chi connectivity index (χ4v) is 2.68. The van der Waals surface area contributed by atoms with Gasteiger partial charge in [0.1, 0.15) is 6.04 Å². The van der Waals surface area contributed by atoms with E-state index in [4.69, 9.17) is 32.7 Å². The highest BCUT2D eigenvalue weighted by Crippen LogP contribution is 2.21. The number of rotatable bonds is 5. The summed E-state index contributed by atoms with van der Waals surface area (Å²) in [6.07, 6.45) is -0.610. The van der Waals surface area contributed by atoms with E-state index in [1.54, 1.807) is 13.8 Å². The maximum absolute atomic E-state index is 12.4. The van der Waals surface area contributed by atoms with E-state index < -0.39 is 30.0 Å². The van der Waals surface area contributed by atoms with Crippen LogP contribution < -0.4 is 5.32 Å². The first-order valence-corrected chi connectivity index (χ1v) is 8.18. The van der Waals surface area contributed by atoms with Gasteiger partial charge in [-0.25, -0.2) is 9.59 Å². The molecule has 1 saturated heterocycles. The van der Waals surface area contributed by atoms with Gasteiger partial charge in [-0.2, -0.15) is 0 Å². The van der Waals surface area contributed by atoms with Gasteiger partial charge in [-0.3, -0.25) is 4.79 Å². The van der Waals surface area contributed by atoms with Gasteiger partial charge in [0, 0.05) is 11.4 Å². The zero-order chi connectivity index (χ0) is 17.9. The van der Waals surface area contributed by atoms with Crippen molar-refractivity contribution in [1.29, 1.82) is 0 Å². The van der Waals surface area contributed by atoms with Crippen LogP contribution >= 0.6 is 23.2 Å². The fraction of sp³-hybridized carbons (Fsp3) is 0.438. The van der Waals surface area contributed by atoms with Crippen LogP contribution in [0.1, 0.15) is 30.6 Å². The normalized spacial score (nSPS) is 18.2. The summed E-state index contributed by atoms with van der Waals surface area (Å²) >= 11 is 11.8. The van der Waals surface area contributed by atoms with Crippen molar-refractivity contribution in [3.8, 4) is 0 Å². The summed E-state index contributed by atoms with van der Waals surface area (Å²) in [4.78, 5) is 36.1. The third-order valence-electron chi connectivity index (χ3n) is 3.53. The first-order valence-electron chi connectivity index (χ1n) is 7.42. The van der Waals surface area contributed by atoms with Crippen molar-refractivity contribution in [1.82, 2.24) is 5.32 Å². The molecule has 1 amide bonds. The Morgan fingerprint density at radius 3 is 2.58 bits per heavy atom. The minimum Gasteiger partial charge on any atom is -0.463 e. The van der Waals surface area contributed by atoms with Crippen molar-refractivity contribution in [2.75, 3.05) is 6.61 Å². The molecule has 1 aliphatic rings. The molecule has 0 radical (unpaired) electrons. The third kappa shape index (κ3) is 4.39. The van der Waals surface area contributed by atoms with Crippen molar-refractivity contribution >= 4 is 41.0 Å². The molecule has 0 aliphatic carbocycles. The van der Waals surface area contributed by atoms with Crippen molar-refractivity contribution < 1.29 is 23.9 Å². The number of benzene rings is 1. The summed E-state index contributed by atoms with van der Waals surface area (Å²) in [7, 11) is 0. The minimum atomic E-state index is -0.922. The van der Waals surface area contributed by atoms with Crippen LogP contribution in [0.2, 0.25) is 10.0 Å². The van der Waals surface area contributed by atoms with Crippen LogP contribution in [0.15, 0.2) is 18.2 Å².